The summed E-state index contributed by atoms with van der Waals surface area (Å²) in [4.78, 5) is 73.1. The van der Waals surface area contributed by atoms with Crippen LogP contribution in [0.4, 0.5) is 0 Å². The average molecular weight is 1460 g/mol. The van der Waals surface area contributed by atoms with Crippen LogP contribution in [-0.2, 0) is 65.4 Å². The smallest absolute Gasteiger partial charge is 0.462 e. The minimum atomic E-state index is -4.97. The molecule has 0 aliphatic heterocycles. The SMILES string of the molecule is CCCCCCCC/C=C\CCCCCCCC(=O)OC[C@H](COP(=O)(O)OC[C@@H](O)COP(=O)(O)OC[C@@H](COC(=O)CCCCCCCCCCCCCCCCC)OC(=O)CCCCCCCCCCCCCCCCC)OC(=O)CCCCCCC/C=C\CCCCCCCC. The van der Waals surface area contributed by atoms with Gasteiger partial charge in [-0.3, -0.25) is 37.3 Å². The zero-order valence-corrected chi connectivity index (χ0v) is 66.5. The first-order valence-electron chi connectivity index (χ1n) is 41.6. The molecular formula is C81H154O17P2. The van der Waals surface area contributed by atoms with Gasteiger partial charge in [-0.15, -0.1) is 0 Å². The maximum atomic E-state index is 13.1. The number of esters is 4. The molecule has 0 rings (SSSR count). The van der Waals surface area contributed by atoms with Gasteiger partial charge in [-0.1, -0.05) is 335 Å². The second kappa shape index (κ2) is 74.8. The molecule has 100 heavy (non-hydrogen) atoms. The predicted octanol–water partition coefficient (Wildman–Crippen LogP) is 24.1. The van der Waals surface area contributed by atoms with Crippen LogP contribution >= 0.6 is 15.6 Å². The van der Waals surface area contributed by atoms with E-state index >= 15 is 0 Å². The molecule has 19 heteroatoms. The van der Waals surface area contributed by atoms with Crippen molar-refractivity contribution in [3.8, 4) is 0 Å². The molecule has 0 spiro atoms. The van der Waals surface area contributed by atoms with E-state index in [1.807, 2.05) is 0 Å². The normalized spacial score (nSPS) is 13.9. The monoisotopic (exact) mass is 1460 g/mol. The standard InChI is InChI=1S/C81H154O17P2/c1-5-9-13-17-21-25-29-33-37-41-45-49-53-57-61-65-78(83)91-71-76(97-80(85)67-63-59-55-51-47-43-39-35-31-27-23-19-15-11-7-3)73-95-99(87,88)93-69-75(82)70-94-100(89,90)96-74-77(98-81(86)68-64-60-56-52-48-44-40-36-32-28-24-20-16-12-8-4)72-92-79(84)66-62-58-54-50-46-42-38-34-30-26-22-18-14-10-6-2/h33,35,37,39,75-77,82H,5-32,34,36,38,40-74H2,1-4H3,(H,87,88)(H,89,90)/b37-33-,39-35-/t75-,76-,77-/m1/s1. The Labute approximate surface area is 612 Å². The number of rotatable bonds is 80. The highest BCUT2D eigenvalue weighted by Crippen LogP contribution is 2.45. The third-order valence-electron chi connectivity index (χ3n) is 18.4. The first-order valence-corrected chi connectivity index (χ1v) is 44.6. The maximum absolute atomic E-state index is 13.1. The Morgan fingerprint density at radius 2 is 0.460 bits per heavy atom. The van der Waals surface area contributed by atoms with Crippen LogP contribution in [0.15, 0.2) is 24.3 Å². The summed E-state index contributed by atoms with van der Waals surface area (Å²) >= 11 is 0. The third-order valence-corrected chi connectivity index (χ3v) is 20.3. The Hall–Kier alpha value is -2.46. The summed E-state index contributed by atoms with van der Waals surface area (Å²) in [5, 5.41) is 10.6. The quantitative estimate of drug-likeness (QED) is 0.0169. The van der Waals surface area contributed by atoms with Crippen molar-refractivity contribution in [3.05, 3.63) is 24.3 Å². The van der Waals surface area contributed by atoms with Gasteiger partial charge in [-0.2, -0.15) is 0 Å². The number of phosphoric acid groups is 2. The summed E-state index contributed by atoms with van der Waals surface area (Å²) in [7, 11) is -9.93. The first-order chi connectivity index (χ1) is 48.7. The minimum Gasteiger partial charge on any atom is -0.462 e. The van der Waals surface area contributed by atoms with Crippen LogP contribution in [0.3, 0.4) is 0 Å². The molecule has 0 fully saturated rings. The molecule has 0 amide bonds. The summed E-state index contributed by atoms with van der Waals surface area (Å²) in [6.07, 6.45) is 70.0. The van der Waals surface area contributed by atoms with E-state index in [9.17, 15) is 43.2 Å². The van der Waals surface area contributed by atoms with E-state index in [4.69, 9.17) is 37.0 Å². The molecule has 0 aromatic carbocycles. The highest BCUT2D eigenvalue weighted by molar-refractivity contribution is 7.47. The number of aliphatic hydroxyl groups excluding tert-OH is 1. The molecule has 0 bridgehead atoms. The van der Waals surface area contributed by atoms with Crippen molar-refractivity contribution in [3.63, 3.8) is 0 Å². The van der Waals surface area contributed by atoms with Crippen molar-refractivity contribution in [1.29, 1.82) is 0 Å². The van der Waals surface area contributed by atoms with Gasteiger partial charge in [0.2, 0.25) is 0 Å². The highest BCUT2D eigenvalue weighted by atomic mass is 31.2. The van der Waals surface area contributed by atoms with Gasteiger partial charge in [0.15, 0.2) is 12.2 Å². The molecule has 5 atom stereocenters. The molecule has 0 heterocycles. The molecule has 0 aromatic heterocycles. The molecule has 3 N–H and O–H groups in total. The number of carbonyl (C=O) groups excluding carboxylic acids is 4. The zero-order chi connectivity index (χ0) is 73.2. The van der Waals surface area contributed by atoms with Crippen molar-refractivity contribution >= 4 is 39.5 Å². The molecule has 0 saturated heterocycles. The van der Waals surface area contributed by atoms with Crippen molar-refractivity contribution in [2.24, 2.45) is 0 Å². The van der Waals surface area contributed by atoms with E-state index in [1.165, 1.54) is 212 Å². The van der Waals surface area contributed by atoms with Gasteiger partial charge >= 0.3 is 39.5 Å². The summed E-state index contributed by atoms with van der Waals surface area (Å²) in [6.45, 7) is 4.97. The second-order valence-electron chi connectivity index (χ2n) is 28.4. The van der Waals surface area contributed by atoms with E-state index in [0.29, 0.717) is 25.7 Å². The molecule has 0 saturated carbocycles. The van der Waals surface area contributed by atoms with Gasteiger partial charge in [0.1, 0.15) is 19.3 Å². The second-order valence-corrected chi connectivity index (χ2v) is 31.3. The fraction of sp³-hybridized carbons (Fsp3) is 0.901. The lowest BCUT2D eigenvalue weighted by Gasteiger charge is -2.21. The number of carbonyl (C=O) groups is 4. The van der Waals surface area contributed by atoms with Gasteiger partial charge in [0.25, 0.3) is 0 Å². The maximum Gasteiger partial charge on any atom is 0.472 e. The fourth-order valence-electron chi connectivity index (χ4n) is 12.0. The summed E-state index contributed by atoms with van der Waals surface area (Å²) in [6, 6.07) is 0. The Morgan fingerprint density at radius 1 is 0.270 bits per heavy atom. The molecule has 0 aliphatic carbocycles. The lowest BCUT2D eigenvalue weighted by Crippen LogP contribution is -2.30. The Balaban J connectivity index is 5.31. The van der Waals surface area contributed by atoms with Gasteiger partial charge in [0, 0.05) is 25.7 Å². The van der Waals surface area contributed by atoms with Crippen LogP contribution in [-0.4, -0.2) is 96.7 Å². The predicted molar refractivity (Wildman–Crippen MR) is 409 cm³/mol. The number of hydrogen-bond acceptors (Lipinski definition) is 15. The molecule has 590 valence electrons. The van der Waals surface area contributed by atoms with Crippen molar-refractivity contribution < 1.29 is 80.2 Å². The zero-order valence-electron chi connectivity index (χ0n) is 64.7. The number of unbranched alkanes of at least 4 members (excludes halogenated alkanes) is 50. The number of hydrogen-bond donors (Lipinski definition) is 3. The topological polar surface area (TPSA) is 237 Å². The largest absolute Gasteiger partial charge is 0.472 e. The number of ether oxygens (including phenoxy) is 4. The van der Waals surface area contributed by atoms with Crippen molar-refractivity contribution in [2.75, 3.05) is 39.6 Å². The fourth-order valence-corrected chi connectivity index (χ4v) is 13.6. The summed E-state index contributed by atoms with van der Waals surface area (Å²) in [5.74, 6) is -2.14. The first kappa shape index (κ1) is 97.5. The molecule has 2 unspecified atom stereocenters. The molecule has 17 nitrogen and oxygen atoms in total. The summed E-state index contributed by atoms with van der Waals surface area (Å²) in [5.41, 5.74) is 0. The Morgan fingerprint density at radius 3 is 0.690 bits per heavy atom. The van der Waals surface area contributed by atoms with Crippen LogP contribution in [0.25, 0.3) is 0 Å². The van der Waals surface area contributed by atoms with Crippen LogP contribution in [0.2, 0.25) is 0 Å². The van der Waals surface area contributed by atoms with Gasteiger partial charge in [0.05, 0.1) is 26.4 Å². The van der Waals surface area contributed by atoms with Gasteiger partial charge in [-0.05, 0) is 77.0 Å². The van der Waals surface area contributed by atoms with Crippen molar-refractivity contribution in [1.82, 2.24) is 0 Å². The van der Waals surface area contributed by atoms with E-state index in [0.717, 1.165) is 122 Å². The number of allylic oxidation sites excluding steroid dienone is 4. The molecular weight excluding hydrogens is 1310 g/mol. The lowest BCUT2D eigenvalue weighted by atomic mass is 10.0. The van der Waals surface area contributed by atoms with Crippen molar-refractivity contribution in [2.45, 2.75) is 431 Å². The van der Waals surface area contributed by atoms with Crippen LogP contribution < -0.4 is 0 Å². The Kier molecular flexibility index (Phi) is 73.0. The summed E-state index contributed by atoms with van der Waals surface area (Å²) < 4.78 is 68.7. The lowest BCUT2D eigenvalue weighted by molar-refractivity contribution is -0.161. The van der Waals surface area contributed by atoms with E-state index in [1.54, 1.807) is 0 Å². The van der Waals surface area contributed by atoms with E-state index < -0.39 is 97.5 Å². The van der Waals surface area contributed by atoms with Crippen LogP contribution in [0.5, 0.6) is 0 Å². The van der Waals surface area contributed by atoms with Crippen LogP contribution in [0, 0.1) is 0 Å². The van der Waals surface area contributed by atoms with E-state index in [2.05, 4.69) is 52.0 Å². The molecule has 0 aliphatic rings. The van der Waals surface area contributed by atoms with Gasteiger partial charge < -0.3 is 33.8 Å². The van der Waals surface area contributed by atoms with E-state index in [-0.39, 0.29) is 25.7 Å². The molecule has 0 aromatic rings. The number of aliphatic hydroxyl groups is 1. The Bertz CT molecular complexity index is 1990. The van der Waals surface area contributed by atoms with Gasteiger partial charge in [-0.25, -0.2) is 9.13 Å². The molecule has 0 radical (unpaired) electrons. The average Bonchev–Trinajstić information content (AvgIpc) is 1.01. The van der Waals surface area contributed by atoms with Crippen LogP contribution in [0.1, 0.15) is 413 Å². The number of phosphoric ester groups is 2. The third kappa shape index (κ3) is 73.8. The highest BCUT2D eigenvalue weighted by Gasteiger charge is 2.30. The minimum absolute atomic E-state index is 0.0912.